The summed E-state index contributed by atoms with van der Waals surface area (Å²) in [4.78, 5) is 8.61. The van der Waals surface area contributed by atoms with E-state index in [2.05, 4.69) is 15.3 Å². The van der Waals surface area contributed by atoms with Crippen LogP contribution in [0.4, 0.5) is 5.82 Å². The zero-order valence-electron chi connectivity index (χ0n) is 8.96. The largest absolute Gasteiger partial charge is 0.368 e. The topological polar surface area (TPSA) is 37.8 Å². The Balaban J connectivity index is 2.16. The number of fused-ring (bicyclic) bond motifs is 1. The van der Waals surface area contributed by atoms with Crippen molar-refractivity contribution in [3.63, 3.8) is 0 Å². The van der Waals surface area contributed by atoms with Gasteiger partial charge < -0.3 is 5.32 Å². The summed E-state index contributed by atoms with van der Waals surface area (Å²) in [5.41, 5.74) is 2.50. The minimum Gasteiger partial charge on any atom is -0.368 e. The van der Waals surface area contributed by atoms with Crippen molar-refractivity contribution in [3.05, 3.63) is 17.6 Å². The van der Waals surface area contributed by atoms with Gasteiger partial charge in [0.2, 0.25) is 0 Å². The number of anilines is 1. The molecule has 0 bridgehead atoms. The second kappa shape index (κ2) is 4.79. The van der Waals surface area contributed by atoms with Crippen LogP contribution in [0.3, 0.4) is 0 Å². The van der Waals surface area contributed by atoms with Crippen LogP contribution >= 0.6 is 11.6 Å². The van der Waals surface area contributed by atoms with Crippen molar-refractivity contribution < 1.29 is 0 Å². The number of halogens is 1. The van der Waals surface area contributed by atoms with Crippen molar-refractivity contribution in [2.75, 3.05) is 11.9 Å². The highest BCUT2D eigenvalue weighted by Crippen LogP contribution is 2.24. The second-order valence-corrected chi connectivity index (χ2v) is 4.76. The van der Waals surface area contributed by atoms with Crippen molar-refractivity contribution >= 4 is 17.4 Å². The fourth-order valence-corrected chi connectivity index (χ4v) is 1.99. The molecule has 1 unspecified atom stereocenters. The third kappa shape index (κ3) is 2.59. The molecular weight excluding hydrogens is 210 g/mol. The smallest absolute Gasteiger partial charge is 0.132 e. The summed E-state index contributed by atoms with van der Waals surface area (Å²) in [5.74, 6) is 0.979. The zero-order valence-corrected chi connectivity index (χ0v) is 9.72. The lowest BCUT2D eigenvalue weighted by Gasteiger charge is -2.18. The number of aryl methyl sites for hydroxylation is 1. The minimum absolute atomic E-state index is 0.124. The molecule has 0 radical (unpaired) electrons. The molecule has 1 aromatic rings. The molecule has 1 N–H and O–H groups in total. The van der Waals surface area contributed by atoms with Gasteiger partial charge in [-0.2, -0.15) is 0 Å². The average molecular weight is 226 g/mol. The first-order chi connectivity index (χ1) is 7.27. The first-order valence-corrected chi connectivity index (χ1v) is 5.91. The van der Waals surface area contributed by atoms with Gasteiger partial charge >= 0.3 is 0 Å². The van der Waals surface area contributed by atoms with Crippen LogP contribution in [0.25, 0.3) is 0 Å². The Labute approximate surface area is 95.3 Å². The number of alkyl halides is 1. The Bertz CT molecular complexity index is 339. The fraction of sp³-hybridized carbons (Fsp3) is 0.636. The second-order valence-electron chi connectivity index (χ2n) is 4.02. The van der Waals surface area contributed by atoms with Gasteiger partial charge in [0.15, 0.2) is 0 Å². The molecule has 3 nitrogen and oxygen atoms in total. The van der Waals surface area contributed by atoms with Crippen LogP contribution in [0.5, 0.6) is 0 Å². The molecule has 0 amide bonds. The van der Waals surface area contributed by atoms with E-state index in [1.807, 2.05) is 6.92 Å². The van der Waals surface area contributed by atoms with Gasteiger partial charge in [0.05, 0.1) is 0 Å². The highest BCUT2D eigenvalue weighted by molar-refractivity contribution is 6.20. The van der Waals surface area contributed by atoms with Crippen LogP contribution in [0, 0.1) is 0 Å². The molecule has 0 fully saturated rings. The molecule has 0 aliphatic heterocycles. The Morgan fingerprint density at radius 1 is 1.40 bits per heavy atom. The van der Waals surface area contributed by atoms with Gasteiger partial charge in [0.1, 0.15) is 12.1 Å². The molecule has 82 valence electrons. The molecule has 1 aromatic heterocycles. The summed E-state index contributed by atoms with van der Waals surface area (Å²) >= 11 is 5.90. The fourth-order valence-electron chi connectivity index (χ4n) is 1.91. The summed E-state index contributed by atoms with van der Waals surface area (Å²) in [5, 5.41) is 3.41. The Morgan fingerprint density at radius 2 is 2.20 bits per heavy atom. The Kier molecular flexibility index (Phi) is 3.41. The molecule has 1 aliphatic carbocycles. The molecule has 0 aromatic carbocycles. The Hall–Kier alpha value is -0.830. The van der Waals surface area contributed by atoms with E-state index in [-0.39, 0.29) is 5.38 Å². The lowest BCUT2D eigenvalue weighted by molar-refractivity contribution is 0.663. The maximum Gasteiger partial charge on any atom is 0.132 e. The van der Waals surface area contributed by atoms with E-state index < -0.39 is 0 Å². The third-order valence-electron chi connectivity index (χ3n) is 2.68. The van der Waals surface area contributed by atoms with Crippen molar-refractivity contribution in [1.29, 1.82) is 0 Å². The number of hydrogen-bond acceptors (Lipinski definition) is 3. The molecule has 0 saturated heterocycles. The molecule has 1 atom stereocenters. The maximum absolute atomic E-state index is 5.90. The van der Waals surface area contributed by atoms with Gasteiger partial charge in [-0.15, -0.1) is 11.6 Å². The molecular formula is C11H16ClN3. The zero-order chi connectivity index (χ0) is 10.7. The molecule has 0 saturated carbocycles. The van der Waals surface area contributed by atoms with Gasteiger partial charge in [0, 0.05) is 23.2 Å². The van der Waals surface area contributed by atoms with E-state index in [9.17, 15) is 0 Å². The molecule has 0 spiro atoms. The monoisotopic (exact) mass is 225 g/mol. The quantitative estimate of drug-likeness (QED) is 0.803. The van der Waals surface area contributed by atoms with Gasteiger partial charge in [-0.05, 0) is 32.6 Å². The number of nitrogens with zero attached hydrogens (tertiary/aromatic N) is 2. The van der Waals surface area contributed by atoms with Crippen LogP contribution < -0.4 is 5.32 Å². The van der Waals surface area contributed by atoms with Gasteiger partial charge in [0.25, 0.3) is 0 Å². The molecule has 1 aliphatic rings. The van der Waals surface area contributed by atoms with Gasteiger partial charge in [-0.3, -0.25) is 0 Å². The highest BCUT2D eigenvalue weighted by Gasteiger charge is 2.15. The van der Waals surface area contributed by atoms with Crippen LogP contribution in [-0.4, -0.2) is 21.9 Å². The summed E-state index contributed by atoms with van der Waals surface area (Å²) < 4.78 is 0. The summed E-state index contributed by atoms with van der Waals surface area (Å²) in [6.07, 6.45) is 6.31. The third-order valence-corrected chi connectivity index (χ3v) is 2.83. The predicted molar refractivity (Wildman–Crippen MR) is 62.5 cm³/mol. The van der Waals surface area contributed by atoms with E-state index in [1.54, 1.807) is 6.33 Å². The maximum atomic E-state index is 5.90. The van der Waals surface area contributed by atoms with Crippen molar-refractivity contribution in [1.82, 2.24) is 9.97 Å². The SMILES string of the molecule is CC(Cl)CNc1ncnc2c1CCCC2. The number of rotatable bonds is 3. The van der Waals surface area contributed by atoms with Crippen molar-refractivity contribution in [2.24, 2.45) is 0 Å². The number of aromatic nitrogens is 2. The first kappa shape index (κ1) is 10.7. The summed E-state index contributed by atoms with van der Waals surface area (Å²) in [7, 11) is 0. The van der Waals surface area contributed by atoms with E-state index >= 15 is 0 Å². The van der Waals surface area contributed by atoms with E-state index in [0.717, 1.165) is 25.2 Å². The molecule has 1 heterocycles. The summed E-state index contributed by atoms with van der Waals surface area (Å²) in [6, 6.07) is 0. The van der Waals surface area contributed by atoms with Crippen molar-refractivity contribution in [2.45, 2.75) is 38.0 Å². The van der Waals surface area contributed by atoms with Crippen LogP contribution in [0.2, 0.25) is 0 Å². The lowest BCUT2D eigenvalue weighted by atomic mass is 9.96. The van der Waals surface area contributed by atoms with Crippen LogP contribution in [-0.2, 0) is 12.8 Å². The first-order valence-electron chi connectivity index (χ1n) is 5.48. The van der Waals surface area contributed by atoms with Crippen LogP contribution in [0.1, 0.15) is 31.0 Å². The minimum atomic E-state index is 0.124. The highest BCUT2D eigenvalue weighted by atomic mass is 35.5. The average Bonchev–Trinajstić information content (AvgIpc) is 2.26. The molecule has 4 heteroatoms. The van der Waals surface area contributed by atoms with E-state index in [1.165, 1.54) is 24.1 Å². The molecule has 15 heavy (non-hydrogen) atoms. The normalized spacial score (nSPS) is 16.9. The summed E-state index contributed by atoms with van der Waals surface area (Å²) in [6.45, 7) is 2.73. The van der Waals surface area contributed by atoms with Crippen LogP contribution in [0.15, 0.2) is 6.33 Å². The Morgan fingerprint density at radius 3 is 3.00 bits per heavy atom. The predicted octanol–water partition coefficient (Wildman–Crippen LogP) is 2.39. The molecule has 2 rings (SSSR count). The van der Waals surface area contributed by atoms with E-state index in [0.29, 0.717) is 0 Å². The van der Waals surface area contributed by atoms with Crippen molar-refractivity contribution in [3.8, 4) is 0 Å². The number of hydrogen-bond donors (Lipinski definition) is 1. The number of nitrogens with one attached hydrogen (secondary N) is 1. The standard InChI is InChI=1S/C11H16ClN3/c1-8(12)6-13-11-9-4-2-3-5-10(9)14-7-15-11/h7-8H,2-6H2,1H3,(H,13,14,15). The van der Waals surface area contributed by atoms with Gasteiger partial charge in [-0.25, -0.2) is 9.97 Å². The van der Waals surface area contributed by atoms with Gasteiger partial charge in [-0.1, -0.05) is 0 Å². The lowest BCUT2D eigenvalue weighted by Crippen LogP contribution is -2.16. The van der Waals surface area contributed by atoms with E-state index in [4.69, 9.17) is 11.6 Å².